The van der Waals surface area contributed by atoms with Gasteiger partial charge in [-0.3, -0.25) is 4.79 Å². The molecule has 1 heterocycles. The van der Waals surface area contributed by atoms with Crippen LogP contribution in [0.5, 0.6) is 11.5 Å². The Bertz CT molecular complexity index is 1190. The second-order valence-corrected chi connectivity index (χ2v) is 9.94. The summed E-state index contributed by atoms with van der Waals surface area (Å²) in [7, 11) is 2.05. The van der Waals surface area contributed by atoms with E-state index in [2.05, 4.69) is 54.3 Å². The molecule has 0 atom stereocenters. The van der Waals surface area contributed by atoms with Crippen molar-refractivity contribution in [2.24, 2.45) is 0 Å². The number of hydrogen-bond acceptors (Lipinski definition) is 5. The number of hydrogen-bond donors (Lipinski definition) is 0. The van der Waals surface area contributed by atoms with Crippen LogP contribution in [-0.2, 0) is 16.6 Å². The molecule has 0 amide bonds. The summed E-state index contributed by atoms with van der Waals surface area (Å²) in [6.45, 7) is 4.86. The van der Waals surface area contributed by atoms with Crippen LogP contribution >= 0.6 is 11.9 Å². The van der Waals surface area contributed by atoms with Crippen molar-refractivity contribution in [1.82, 2.24) is 4.31 Å². The molecule has 3 aromatic rings. The highest BCUT2D eigenvalue weighted by molar-refractivity contribution is 7.97. The van der Waals surface area contributed by atoms with Crippen LogP contribution in [0.3, 0.4) is 0 Å². The number of likely N-dealkylation sites (N-methyl/N-ethyl adjacent to an activating group) is 1. The fourth-order valence-corrected chi connectivity index (χ4v) is 5.17. The Kier molecular flexibility index (Phi) is 8.40. The van der Waals surface area contributed by atoms with E-state index in [9.17, 15) is 4.79 Å². The fraction of sp³-hybridized carbons (Fsp3) is 0.250. The second kappa shape index (κ2) is 11.1. The Labute approximate surface area is 210 Å². The Morgan fingerprint density at radius 3 is 2.46 bits per heavy atom. The Hall–Kier alpha value is -3.10. The van der Waals surface area contributed by atoms with Crippen LogP contribution < -0.4 is 9.47 Å². The van der Waals surface area contributed by atoms with E-state index in [0.29, 0.717) is 6.42 Å². The summed E-state index contributed by atoms with van der Waals surface area (Å²) in [6.07, 6.45) is 4.12. The van der Waals surface area contributed by atoms with Crippen LogP contribution in [0.1, 0.15) is 24.0 Å². The van der Waals surface area contributed by atoms with Gasteiger partial charge in [-0.25, -0.2) is 4.31 Å². The number of ketones is 1. The van der Waals surface area contributed by atoms with Gasteiger partial charge in [0.25, 0.3) is 0 Å². The third-order valence-electron chi connectivity index (χ3n) is 6.34. The van der Waals surface area contributed by atoms with Crippen LogP contribution in [0, 0.1) is 0 Å². The van der Waals surface area contributed by atoms with Crippen molar-refractivity contribution in [3.8, 4) is 22.6 Å². The molecular formula is C28H31NO5S. The fourth-order valence-electron chi connectivity index (χ4n) is 4.37. The van der Waals surface area contributed by atoms with Gasteiger partial charge in [-0.05, 0) is 78.4 Å². The number of carbonyl (C=O) groups excluding carboxylic acids is 1. The van der Waals surface area contributed by atoms with Gasteiger partial charge in [0.05, 0.1) is 5.41 Å². The van der Waals surface area contributed by atoms with Crippen molar-refractivity contribution < 1.29 is 25.2 Å². The first-order valence-electron chi connectivity index (χ1n) is 11.2. The largest absolute Gasteiger partial charge is 0.454 e. The second-order valence-electron chi connectivity index (χ2n) is 8.67. The van der Waals surface area contributed by atoms with E-state index in [1.54, 1.807) is 11.9 Å². The Morgan fingerprint density at radius 2 is 1.74 bits per heavy atom. The van der Waals surface area contributed by atoms with E-state index in [1.807, 2.05) is 36.4 Å². The minimum Gasteiger partial charge on any atom is -0.454 e. The molecule has 0 unspecified atom stereocenters. The van der Waals surface area contributed by atoms with Crippen LogP contribution in [0.25, 0.3) is 11.1 Å². The van der Waals surface area contributed by atoms with Crippen molar-refractivity contribution in [2.75, 3.05) is 20.4 Å². The van der Waals surface area contributed by atoms with Gasteiger partial charge in [0.2, 0.25) is 6.79 Å². The number of nitrogens with zero attached hydrogens (tertiary/aromatic N) is 1. The van der Waals surface area contributed by atoms with Crippen LogP contribution in [0.15, 0.2) is 84.3 Å². The lowest BCUT2D eigenvalue weighted by molar-refractivity contribution is -0.120. The molecule has 5 rings (SSSR count). The molecule has 0 bridgehead atoms. The monoisotopic (exact) mass is 493 g/mol. The zero-order chi connectivity index (χ0) is 22.8. The summed E-state index contributed by atoms with van der Waals surface area (Å²) < 4.78 is 13.1. The van der Waals surface area contributed by atoms with Gasteiger partial charge in [-0.2, -0.15) is 0 Å². The smallest absolute Gasteiger partial charge is 0.231 e. The predicted octanol–water partition coefficient (Wildman–Crippen LogP) is 4.40. The van der Waals surface area contributed by atoms with Crippen molar-refractivity contribution in [1.29, 1.82) is 0 Å². The molecule has 1 aliphatic carbocycles. The van der Waals surface area contributed by atoms with Gasteiger partial charge in [0.1, 0.15) is 5.78 Å². The lowest BCUT2D eigenvalue weighted by Crippen LogP contribution is -2.22. The van der Waals surface area contributed by atoms with Crippen molar-refractivity contribution in [3.05, 3.63) is 90.5 Å². The highest BCUT2D eigenvalue weighted by Gasteiger charge is 2.50. The number of rotatable bonds is 9. The molecule has 0 spiro atoms. The predicted molar refractivity (Wildman–Crippen MR) is 140 cm³/mol. The number of benzene rings is 3. The molecule has 0 aromatic heterocycles. The topological polar surface area (TPSA) is 102 Å². The normalized spacial score (nSPS) is 14.6. The zero-order valence-corrected chi connectivity index (χ0v) is 20.6. The van der Waals surface area contributed by atoms with E-state index >= 15 is 0 Å². The number of Topliss-reactive ketones (excluding diaryl/α,β-unsaturated/α-hetero) is 1. The quantitative estimate of drug-likeness (QED) is 0.325. The SMILES string of the molecule is C=CCN(C)Sc1ccc(-c2cccc(CC(=O)C3(c4ccc5c(c4)OCO5)CC3)c2)cc1.O.O. The van der Waals surface area contributed by atoms with Gasteiger partial charge in [-0.15, -0.1) is 6.58 Å². The van der Waals surface area contributed by atoms with E-state index in [0.717, 1.165) is 53.1 Å². The highest BCUT2D eigenvalue weighted by atomic mass is 32.2. The first-order chi connectivity index (χ1) is 16.1. The number of fused-ring (bicyclic) bond motifs is 1. The van der Waals surface area contributed by atoms with Crippen molar-refractivity contribution >= 4 is 17.7 Å². The molecule has 184 valence electrons. The summed E-state index contributed by atoms with van der Waals surface area (Å²) in [5, 5.41) is 0. The number of carbonyl (C=O) groups is 1. The minimum atomic E-state index is -0.382. The third-order valence-corrected chi connectivity index (χ3v) is 7.28. The van der Waals surface area contributed by atoms with E-state index in [4.69, 9.17) is 9.47 Å². The van der Waals surface area contributed by atoms with Crippen molar-refractivity contribution in [3.63, 3.8) is 0 Å². The van der Waals surface area contributed by atoms with E-state index in [1.165, 1.54) is 4.90 Å². The molecule has 1 saturated carbocycles. The van der Waals surface area contributed by atoms with Gasteiger partial charge >= 0.3 is 0 Å². The van der Waals surface area contributed by atoms with Gasteiger partial charge in [0.15, 0.2) is 11.5 Å². The lowest BCUT2D eigenvalue weighted by atomic mass is 9.87. The Morgan fingerprint density at radius 1 is 1.00 bits per heavy atom. The molecule has 4 N–H and O–H groups in total. The lowest BCUT2D eigenvalue weighted by Gasteiger charge is -2.16. The van der Waals surface area contributed by atoms with Crippen molar-refractivity contribution in [2.45, 2.75) is 29.6 Å². The molecule has 6 nitrogen and oxygen atoms in total. The number of ether oxygens (including phenoxy) is 2. The van der Waals surface area contributed by atoms with Crippen LogP contribution in [0.2, 0.25) is 0 Å². The summed E-state index contributed by atoms with van der Waals surface area (Å²) in [6, 6.07) is 22.8. The summed E-state index contributed by atoms with van der Waals surface area (Å²) >= 11 is 1.70. The molecule has 1 aliphatic heterocycles. The zero-order valence-electron chi connectivity index (χ0n) is 19.8. The molecule has 0 saturated heterocycles. The maximum absolute atomic E-state index is 13.4. The van der Waals surface area contributed by atoms with Gasteiger partial charge < -0.3 is 20.4 Å². The maximum Gasteiger partial charge on any atom is 0.231 e. The summed E-state index contributed by atoms with van der Waals surface area (Å²) in [4.78, 5) is 14.5. The molecule has 35 heavy (non-hydrogen) atoms. The third kappa shape index (κ3) is 5.60. The van der Waals surface area contributed by atoms with Gasteiger partial charge in [0, 0.05) is 17.9 Å². The van der Waals surface area contributed by atoms with E-state index < -0.39 is 0 Å². The van der Waals surface area contributed by atoms with Gasteiger partial charge in [-0.1, -0.05) is 48.5 Å². The summed E-state index contributed by atoms with van der Waals surface area (Å²) in [5.74, 6) is 1.77. The molecule has 2 aliphatic rings. The minimum absolute atomic E-state index is 0. The highest BCUT2D eigenvalue weighted by Crippen LogP contribution is 2.51. The standard InChI is InChI=1S/C28H27NO3S.2H2O/c1-3-15-29(2)33-24-10-7-21(8-11-24)22-6-4-5-20(16-22)17-27(30)28(13-14-28)23-9-12-25-26(18-23)32-19-31-25;;/h3-12,16,18H,1,13-15,17,19H2,2H3;2*1H2. The molecule has 0 radical (unpaired) electrons. The van der Waals surface area contributed by atoms with Crippen LogP contribution in [0.4, 0.5) is 0 Å². The Balaban J connectivity index is 0.00000171. The first-order valence-corrected chi connectivity index (χ1v) is 12.0. The first kappa shape index (κ1) is 26.5. The molecule has 7 heteroatoms. The average Bonchev–Trinajstić information content (AvgIpc) is 3.51. The summed E-state index contributed by atoms with van der Waals surface area (Å²) in [5.41, 5.74) is 3.99. The van der Waals surface area contributed by atoms with Crippen LogP contribution in [-0.4, -0.2) is 41.4 Å². The molecule has 3 aromatic carbocycles. The van der Waals surface area contributed by atoms with E-state index in [-0.39, 0.29) is 28.9 Å². The molecular weight excluding hydrogens is 462 g/mol. The molecule has 1 fully saturated rings. The average molecular weight is 494 g/mol. The maximum atomic E-state index is 13.4.